The Balaban J connectivity index is 0.000000291. The molecule has 0 aromatic heterocycles. The molecule has 0 aliphatic carbocycles. The summed E-state index contributed by atoms with van der Waals surface area (Å²) in [5.41, 5.74) is 0. The molecule has 0 saturated carbocycles. The normalized spacial score (nSPS) is 33.3. The summed E-state index contributed by atoms with van der Waals surface area (Å²) in [6, 6.07) is 0. The quantitative estimate of drug-likeness (QED) is 0.489. The van der Waals surface area contributed by atoms with Crippen LogP contribution in [0.15, 0.2) is 0 Å². The first kappa shape index (κ1) is 8.96. The van der Waals surface area contributed by atoms with Crippen molar-refractivity contribution in [2.24, 2.45) is 5.92 Å². The molecule has 1 heterocycles. The molecule has 1 saturated heterocycles. The molecule has 2 atom stereocenters. The van der Waals surface area contributed by atoms with Crippen LogP contribution < -0.4 is 0 Å². The number of hydrogen-bond acceptors (Lipinski definition) is 1. The van der Waals surface area contributed by atoms with Crippen LogP contribution in [0.5, 0.6) is 0 Å². The second-order valence-corrected chi connectivity index (χ2v) is 2.34. The van der Waals surface area contributed by atoms with Crippen molar-refractivity contribution in [1.82, 2.24) is 0 Å². The van der Waals surface area contributed by atoms with Crippen LogP contribution in [-0.4, -0.2) is 12.7 Å². The summed E-state index contributed by atoms with van der Waals surface area (Å²) in [6.07, 6.45) is 1.77. The molecule has 56 valence electrons. The van der Waals surface area contributed by atoms with E-state index >= 15 is 0 Å². The fourth-order valence-corrected chi connectivity index (χ4v) is 0.839. The average Bonchev–Trinajstić information content (AvgIpc) is 2.23. The van der Waals surface area contributed by atoms with Gasteiger partial charge in [-0.1, -0.05) is 20.8 Å². The van der Waals surface area contributed by atoms with Crippen LogP contribution in [0.25, 0.3) is 0 Å². The lowest BCUT2D eigenvalue weighted by Gasteiger charge is -2.04. The summed E-state index contributed by atoms with van der Waals surface area (Å²) in [5.74, 6) is 0.792. The molecule has 1 heteroatoms. The molecule has 0 unspecified atom stereocenters. The second kappa shape index (κ2) is 4.80. The zero-order valence-electron chi connectivity index (χ0n) is 6.98. The first-order valence-corrected chi connectivity index (χ1v) is 3.92. The molecule has 0 bridgehead atoms. The van der Waals surface area contributed by atoms with Gasteiger partial charge in [0.2, 0.25) is 0 Å². The highest BCUT2D eigenvalue weighted by molar-refractivity contribution is 4.66. The number of rotatable bonds is 0. The van der Waals surface area contributed by atoms with Gasteiger partial charge in [0, 0.05) is 6.61 Å². The van der Waals surface area contributed by atoms with Crippen LogP contribution in [-0.2, 0) is 4.74 Å². The topological polar surface area (TPSA) is 9.23 Å². The Hall–Kier alpha value is -0.0400. The van der Waals surface area contributed by atoms with E-state index in [1.165, 1.54) is 6.42 Å². The molecule has 1 fully saturated rings. The van der Waals surface area contributed by atoms with E-state index in [9.17, 15) is 0 Å². The molecule has 0 N–H and O–H groups in total. The average molecular weight is 130 g/mol. The Morgan fingerprint density at radius 1 is 1.22 bits per heavy atom. The minimum absolute atomic E-state index is 0.514. The van der Waals surface area contributed by atoms with E-state index in [0.29, 0.717) is 6.10 Å². The third kappa shape index (κ3) is 2.85. The van der Waals surface area contributed by atoms with Crippen LogP contribution in [0.3, 0.4) is 0 Å². The summed E-state index contributed by atoms with van der Waals surface area (Å²) in [7, 11) is 0. The third-order valence-electron chi connectivity index (χ3n) is 1.76. The molecular weight excluding hydrogens is 112 g/mol. The molecule has 0 aromatic rings. The molecule has 0 radical (unpaired) electrons. The lowest BCUT2D eigenvalue weighted by molar-refractivity contribution is 0.109. The number of hydrogen-bond donors (Lipinski definition) is 0. The highest BCUT2D eigenvalue weighted by Gasteiger charge is 2.18. The van der Waals surface area contributed by atoms with E-state index in [2.05, 4.69) is 13.8 Å². The largest absolute Gasteiger partial charge is 0.378 e. The van der Waals surface area contributed by atoms with Gasteiger partial charge in [-0.05, 0) is 19.3 Å². The molecule has 1 nitrogen and oxygen atoms in total. The van der Waals surface area contributed by atoms with Crippen molar-refractivity contribution in [2.45, 2.75) is 40.2 Å². The Morgan fingerprint density at radius 2 is 1.78 bits per heavy atom. The molecule has 1 aliphatic heterocycles. The maximum absolute atomic E-state index is 5.27. The summed E-state index contributed by atoms with van der Waals surface area (Å²) in [5, 5.41) is 0. The Bertz CT molecular complexity index is 53.6. The van der Waals surface area contributed by atoms with Crippen LogP contribution in [0.2, 0.25) is 0 Å². The fourth-order valence-electron chi connectivity index (χ4n) is 0.839. The van der Waals surface area contributed by atoms with E-state index in [0.717, 1.165) is 12.5 Å². The second-order valence-electron chi connectivity index (χ2n) is 2.34. The standard InChI is InChI=1S/C6H12O.C2H6/c1-5-3-4-7-6(5)2;1-2/h5-6H,3-4H2,1-2H3;1-2H3/t5-,6-;/m0./s1. The zero-order chi connectivity index (χ0) is 7.28. The van der Waals surface area contributed by atoms with Gasteiger partial charge in [0.25, 0.3) is 0 Å². The van der Waals surface area contributed by atoms with Crippen molar-refractivity contribution < 1.29 is 4.74 Å². The Labute approximate surface area is 58.4 Å². The van der Waals surface area contributed by atoms with E-state index in [1.54, 1.807) is 0 Å². The van der Waals surface area contributed by atoms with Crippen LogP contribution in [0.4, 0.5) is 0 Å². The van der Waals surface area contributed by atoms with Gasteiger partial charge in [-0.25, -0.2) is 0 Å². The predicted octanol–water partition coefficient (Wildman–Crippen LogP) is 2.46. The van der Waals surface area contributed by atoms with Gasteiger partial charge in [0.15, 0.2) is 0 Å². The minimum Gasteiger partial charge on any atom is -0.378 e. The molecule has 9 heavy (non-hydrogen) atoms. The Kier molecular flexibility index (Phi) is 4.78. The van der Waals surface area contributed by atoms with Crippen molar-refractivity contribution in [3.8, 4) is 0 Å². The van der Waals surface area contributed by atoms with Gasteiger partial charge in [-0.3, -0.25) is 0 Å². The van der Waals surface area contributed by atoms with Crippen LogP contribution in [0, 0.1) is 5.92 Å². The maximum atomic E-state index is 5.27. The molecule has 0 aromatic carbocycles. The van der Waals surface area contributed by atoms with Crippen molar-refractivity contribution in [3.63, 3.8) is 0 Å². The lowest BCUT2D eigenvalue weighted by Crippen LogP contribution is -2.05. The highest BCUT2D eigenvalue weighted by Crippen LogP contribution is 2.18. The fraction of sp³-hybridized carbons (Fsp3) is 1.00. The van der Waals surface area contributed by atoms with Crippen LogP contribution >= 0.6 is 0 Å². The molecule has 1 aliphatic rings. The predicted molar refractivity (Wildman–Crippen MR) is 40.5 cm³/mol. The minimum atomic E-state index is 0.514. The first-order valence-electron chi connectivity index (χ1n) is 3.92. The molecule has 1 rings (SSSR count). The third-order valence-corrected chi connectivity index (χ3v) is 1.76. The first-order chi connectivity index (χ1) is 4.30. The van der Waals surface area contributed by atoms with Crippen LogP contribution in [0.1, 0.15) is 34.1 Å². The SMILES string of the molecule is CC.C[C@@H]1OCC[C@@H]1C. The smallest absolute Gasteiger partial charge is 0.0573 e. The summed E-state index contributed by atoms with van der Waals surface area (Å²) < 4.78 is 5.27. The van der Waals surface area contributed by atoms with E-state index < -0.39 is 0 Å². The molecule has 0 amide bonds. The summed E-state index contributed by atoms with van der Waals surface area (Å²) in [4.78, 5) is 0. The zero-order valence-corrected chi connectivity index (χ0v) is 6.98. The van der Waals surface area contributed by atoms with Crippen molar-refractivity contribution in [2.75, 3.05) is 6.61 Å². The van der Waals surface area contributed by atoms with Crippen molar-refractivity contribution >= 4 is 0 Å². The van der Waals surface area contributed by atoms with Gasteiger partial charge in [-0.15, -0.1) is 0 Å². The van der Waals surface area contributed by atoms with Crippen molar-refractivity contribution in [1.29, 1.82) is 0 Å². The van der Waals surface area contributed by atoms with E-state index in [4.69, 9.17) is 4.74 Å². The molecule has 0 spiro atoms. The molecular formula is C8H18O. The van der Waals surface area contributed by atoms with Gasteiger partial charge < -0.3 is 4.74 Å². The Morgan fingerprint density at radius 3 is 1.89 bits per heavy atom. The van der Waals surface area contributed by atoms with E-state index in [-0.39, 0.29) is 0 Å². The van der Waals surface area contributed by atoms with Gasteiger partial charge in [-0.2, -0.15) is 0 Å². The summed E-state index contributed by atoms with van der Waals surface area (Å²) >= 11 is 0. The van der Waals surface area contributed by atoms with E-state index in [1.807, 2.05) is 13.8 Å². The maximum Gasteiger partial charge on any atom is 0.0573 e. The summed E-state index contributed by atoms with van der Waals surface area (Å²) in [6.45, 7) is 9.34. The lowest BCUT2D eigenvalue weighted by atomic mass is 10.1. The van der Waals surface area contributed by atoms with Gasteiger partial charge in [0.05, 0.1) is 6.10 Å². The highest BCUT2D eigenvalue weighted by atomic mass is 16.5. The van der Waals surface area contributed by atoms with Crippen molar-refractivity contribution in [3.05, 3.63) is 0 Å². The number of ether oxygens (including phenoxy) is 1. The van der Waals surface area contributed by atoms with Gasteiger partial charge >= 0.3 is 0 Å². The monoisotopic (exact) mass is 130 g/mol. The van der Waals surface area contributed by atoms with Gasteiger partial charge in [0.1, 0.15) is 0 Å².